The molecule has 1 aromatic heterocycles. The Kier molecular flexibility index (Phi) is 9.27. The Balaban J connectivity index is 1.73. The third-order valence-electron chi connectivity index (χ3n) is 5.53. The summed E-state index contributed by atoms with van der Waals surface area (Å²) >= 11 is 0. The van der Waals surface area contributed by atoms with Gasteiger partial charge in [-0.3, -0.25) is 4.79 Å². The van der Waals surface area contributed by atoms with E-state index in [0.29, 0.717) is 11.3 Å². The molecular weight excluding hydrogens is 495 g/mol. The first kappa shape index (κ1) is 28.4. The average molecular weight is 527 g/mol. The maximum atomic E-state index is 14.8. The average Bonchev–Trinajstić information content (AvgIpc) is 2.91. The third-order valence-corrected chi connectivity index (χ3v) is 5.53. The van der Waals surface area contributed by atoms with Gasteiger partial charge in [-0.15, -0.1) is 0 Å². The molecule has 1 fully saturated rings. The SMILES string of the molecule is CC(C)(C)N/C=C(\C=N)Nc1ncnc(-c2ccc(O[C@H]3CCN(C(=O)[C@@H](O)CO)C[C@H]3F)c(C#N)c2)n1. The predicted molar refractivity (Wildman–Crippen MR) is 137 cm³/mol. The number of likely N-dealkylation sites (tertiary alicyclic amines) is 1. The Hall–Kier alpha value is -4.15. The number of amides is 1. The summed E-state index contributed by atoms with van der Waals surface area (Å²) in [5.41, 5.74) is 0.880. The normalized spacial score (nSPS) is 18.8. The van der Waals surface area contributed by atoms with Crippen LogP contribution >= 0.6 is 0 Å². The molecule has 13 heteroatoms. The molecule has 2 heterocycles. The van der Waals surface area contributed by atoms with Gasteiger partial charge in [-0.2, -0.15) is 10.2 Å². The minimum absolute atomic E-state index is 0.138. The summed E-state index contributed by atoms with van der Waals surface area (Å²) in [6.45, 7) is 5.05. The number of hydrogen-bond acceptors (Lipinski definition) is 11. The zero-order valence-electron chi connectivity index (χ0n) is 21.3. The fourth-order valence-corrected chi connectivity index (χ4v) is 3.56. The van der Waals surface area contributed by atoms with Crippen LogP contribution in [0.5, 0.6) is 5.75 Å². The van der Waals surface area contributed by atoms with Gasteiger partial charge in [0, 0.05) is 36.5 Å². The lowest BCUT2D eigenvalue weighted by atomic mass is 10.0. The standard InChI is InChI=1S/C25H31FN8O4/c1-25(2,3)31-11-17(10-28)32-24-30-14-29-22(33-24)15-4-5-20(16(8-15)9-27)38-21-6-7-34(12-18(21)26)23(37)19(36)13-35/h4-5,8,10-11,14,18-19,21,28,31,35-36H,6-7,12-13H2,1-3H3,(H,29,30,32,33)/b17-11+,28-10?/t18-,19+,21+/m1/s1. The Morgan fingerprint density at radius 1 is 1.42 bits per heavy atom. The van der Waals surface area contributed by atoms with Crippen LogP contribution < -0.4 is 15.4 Å². The van der Waals surface area contributed by atoms with Gasteiger partial charge in [0.05, 0.1) is 24.4 Å². The van der Waals surface area contributed by atoms with Crippen molar-refractivity contribution in [3.63, 3.8) is 0 Å². The molecule has 0 saturated carbocycles. The largest absolute Gasteiger partial charge is 0.486 e. The fourth-order valence-electron chi connectivity index (χ4n) is 3.56. The fraction of sp³-hybridized carbons (Fsp3) is 0.440. The van der Waals surface area contributed by atoms with Crippen LogP contribution in [-0.2, 0) is 4.79 Å². The number of nitrogens with zero attached hydrogens (tertiary/aromatic N) is 5. The van der Waals surface area contributed by atoms with E-state index in [1.807, 2.05) is 26.8 Å². The highest BCUT2D eigenvalue weighted by molar-refractivity contribution is 5.81. The van der Waals surface area contributed by atoms with E-state index in [9.17, 15) is 19.6 Å². The van der Waals surface area contributed by atoms with Gasteiger partial charge in [0.2, 0.25) is 5.95 Å². The van der Waals surface area contributed by atoms with Gasteiger partial charge in [0.15, 0.2) is 18.1 Å². The van der Waals surface area contributed by atoms with E-state index in [1.54, 1.807) is 12.3 Å². The number of benzene rings is 1. The van der Waals surface area contributed by atoms with Crippen LogP contribution in [0.1, 0.15) is 32.8 Å². The molecule has 0 radical (unpaired) electrons. The number of aliphatic hydroxyl groups excluding tert-OH is 2. The molecule has 38 heavy (non-hydrogen) atoms. The predicted octanol–water partition coefficient (Wildman–Crippen LogP) is 1.37. The van der Waals surface area contributed by atoms with Crippen LogP contribution in [0.25, 0.3) is 11.4 Å². The third kappa shape index (κ3) is 7.44. The highest BCUT2D eigenvalue weighted by Gasteiger charge is 2.35. The molecule has 1 aliphatic rings. The van der Waals surface area contributed by atoms with E-state index in [-0.39, 0.29) is 48.1 Å². The van der Waals surface area contributed by atoms with Crippen molar-refractivity contribution in [3.05, 3.63) is 42.0 Å². The zero-order chi connectivity index (χ0) is 27.9. The first-order valence-electron chi connectivity index (χ1n) is 11.9. The lowest BCUT2D eigenvalue weighted by Crippen LogP contribution is -2.52. The number of aromatic nitrogens is 3. The van der Waals surface area contributed by atoms with Crippen LogP contribution in [0, 0.1) is 16.7 Å². The van der Waals surface area contributed by atoms with Gasteiger partial charge in [-0.25, -0.2) is 14.4 Å². The molecule has 1 saturated heterocycles. The highest BCUT2D eigenvalue weighted by atomic mass is 19.1. The number of carbonyl (C=O) groups excluding carboxylic acids is 1. The van der Waals surface area contributed by atoms with Crippen molar-refractivity contribution in [1.82, 2.24) is 25.2 Å². The molecule has 0 aliphatic carbocycles. The van der Waals surface area contributed by atoms with E-state index in [4.69, 9.17) is 15.3 Å². The lowest BCUT2D eigenvalue weighted by molar-refractivity contribution is -0.146. The minimum atomic E-state index is -1.59. The maximum absolute atomic E-state index is 14.8. The van der Waals surface area contributed by atoms with Crippen LogP contribution in [0.2, 0.25) is 0 Å². The Morgan fingerprint density at radius 3 is 2.82 bits per heavy atom. The van der Waals surface area contributed by atoms with Crippen molar-refractivity contribution >= 4 is 18.1 Å². The van der Waals surface area contributed by atoms with Crippen LogP contribution in [0.3, 0.4) is 0 Å². The van der Waals surface area contributed by atoms with Gasteiger partial charge in [-0.1, -0.05) is 0 Å². The molecular formula is C25H31FN8O4. The van der Waals surface area contributed by atoms with Crippen LogP contribution in [0.15, 0.2) is 36.4 Å². The number of piperidine rings is 1. The minimum Gasteiger partial charge on any atom is -0.486 e. The van der Waals surface area contributed by atoms with Crippen molar-refractivity contribution in [2.24, 2.45) is 0 Å². The first-order valence-corrected chi connectivity index (χ1v) is 11.9. The van der Waals surface area contributed by atoms with Crippen LogP contribution in [0.4, 0.5) is 10.3 Å². The van der Waals surface area contributed by atoms with Crippen molar-refractivity contribution in [3.8, 4) is 23.2 Å². The number of nitriles is 1. The van der Waals surface area contributed by atoms with Crippen molar-refractivity contribution in [2.45, 2.75) is 51.1 Å². The second kappa shape index (κ2) is 12.4. The number of nitrogens with one attached hydrogen (secondary N) is 3. The Morgan fingerprint density at radius 2 is 2.18 bits per heavy atom. The monoisotopic (exact) mass is 526 g/mol. The second-order valence-electron chi connectivity index (χ2n) is 9.66. The van der Waals surface area contributed by atoms with Gasteiger partial charge < -0.3 is 35.9 Å². The number of carbonyl (C=O) groups is 1. The lowest BCUT2D eigenvalue weighted by Gasteiger charge is -2.35. The molecule has 1 aromatic carbocycles. The van der Waals surface area contributed by atoms with Gasteiger partial charge >= 0.3 is 0 Å². The van der Waals surface area contributed by atoms with E-state index < -0.39 is 30.9 Å². The van der Waals surface area contributed by atoms with Gasteiger partial charge in [0.1, 0.15) is 24.3 Å². The van der Waals surface area contributed by atoms with E-state index in [0.717, 1.165) is 11.1 Å². The van der Waals surface area contributed by atoms with Crippen molar-refractivity contribution in [2.75, 3.05) is 25.0 Å². The molecule has 0 spiro atoms. The van der Waals surface area contributed by atoms with Crippen molar-refractivity contribution in [1.29, 1.82) is 10.7 Å². The molecule has 2 aromatic rings. The number of aliphatic hydroxyl groups is 2. The molecule has 0 unspecified atom stereocenters. The van der Waals surface area contributed by atoms with E-state index in [2.05, 4.69) is 25.6 Å². The van der Waals surface area contributed by atoms with Gasteiger partial charge in [-0.05, 0) is 39.0 Å². The first-order chi connectivity index (χ1) is 18.0. The summed E-state index contributed by atoms with van der Waals surface area (Å²) in [6, 6.07) is 6.72. The molecule has 3 atom stereocenters. The Bertz CT molecular complexity index is 1230. The maximum Gasteiger partial charge on any atom is 0.253 e. The molecule has 1 amide bonds. The smallest absolute Gasteiger partial charge is 0.253 e. The number of rotatable bonds is 9. The summed E-state index contributed by atoms with van der Waals surface area (Å²) in [4.78, 5) is 25.8. The zero-order valence-corrected chi connectivity index (χ0v) is 21.3. The molecule has 5 N–H and O–H groups in total. The number of anilines is 1. The summed E-state index contributed by atoms with van der Waals surface area (Å²) in [5, 5.41) is 41.8. The molecule has 12 nitrogen and oxygen atoms in total. The van der Waals surface area contributed by atoms with Crippen molar-refractivity contribution < 1.29 is 24.1 Å². The summed E-state index contributed by atoms with van der Waals surface area (Å²) in [5.74, 6) is -0.0900. The van der Waals surface area contributed by atoms with E-state index >= 15 is 0 Å². The molecule has 0 bridgehead atoms. The molecule has 1 aliphatic heterocycles. The van der Waals surface area contributed by atoms with E-state index in [1.165, 1.54) is 18.5 Å². The summed E-state index contributed by atoms with van der Waals surface area (Å²) in [6.07, 6.45) is 0.175. The number of halogens is 1. The second-order valence-corrected chi connectivity index (χ2v) is 9.66. The van der Waals surface area contributed by atoms with Gasteiger partial charge in [0.25, 0.3) is 5.91 Å². The molecule has 202 valence electrons. The summed E-state index contributed by atoms with van der Waals surface area (Å²) in [7, 11) is 0. The number of allylic oxidation sites excluding steroid dienone is 1. The number of hydrogen-bond donors (Lipinski definition) is 5. The van der Waals surface area contributed by atoms with Crippen LogP contribution in [-0.4, -0.2) is 85.8 Å². The quantitative estimate of drug-likeness (QED) is 0.299. The highest BCUT2D eigenvalue weighted by Crippen LogP contribution is 2.28. The Labute approximate surface area is 219 Å². The number of ether oxygens (including phenoxy) is 1. The summed E-state index contributed by atoms with van der Waals surface area (Å²) < 4.78 is 20.6. The number of alkyl halides is 1. The topological polar surface area (TPSA) is 180 Å². The molecule has 3 rings (SSSR count).